The van der Waals surface area contributed by atoms with Gasteiger partial charge < -0.3 is 23.8 Å². The molecule has 5 rings (SSSR count). The minimum atomic E-state index is 0.0369. The molecule has 0 atom stereocenters. The molecule has 2 aliphatic heterocycles. The van der Waals surface area contributed by atoms with E-state index >= 15 is 0 Å². The number of amides is 2. The number of rotatable bonds is 3. The largest absolute Gasteiger partial charge is 0.486 e. The van der Waals surface area contributed by atoms with Gasteiger partial charge in [0.15, 0.2) is 11.5 Å². The van der Waals surface area contributed by atoms with Crippen LogP contribution in [0.25, 0.3) is 5.69 Å². The van der Waals surface area contributed by atoms with Crippen molar-refractivity contribution in [2.45, 2.75) is 39.5 Å². The van der Waals surface area contributed by atoms with Gasteiger partial charge in [0.05, 0.1) is 5.56 Å². The van der Waals surface area contributed by atoms with Crippen molar-refractivity contribution in [3.8, 4) is 17.2 Å². The summed E-state index contributed by atoms with van der Waals surface area (Å²) in [6.07, 6.45) is 4.36. The molecule has 0 unspecified atom stereocenters. The quantitative estimate of drug-likeness (QED) is 0.739. The number of fused-ring (bicyclic) bond motifs is 1. The molecule has 170 valence electrons. The fourth-order valence-electron chi connectivity index (χ4n) is 5.28. The van der Waals surface area contributed by atoms with E-state index in [0.717, 1.165) is 54.3 Å². The van der Waals surface area contributed by atoms with Crippen LogP contribution in [-0.4, -0.2) is 65.6 Å². The first-order chi connectivity index (χ1) is 15.5. The third kappa shape index (κ3) is 3.74. The van der Waals surface area contributed by atoms with Gasteiger partial charge in [-0.2, -0.15) is 0 Å². The Morgan fingerprint density at radius 2 is 1.53 bits per heavy atom. The lowest BCUT2D eigenvalue weighted by Gasteiger charge is -2.36. The lowest BCUT2D eigenvalue weighted by molar-refractivity contribution is -0.136. The summed E-state index contributed by atoms with van der Waals surface area (Å²) in [5.74, 6) is 2.00. The zero-order chi connectivity index (χ0) is 22.2. The zero-order valence-corrected chi connectivity index (χ0v) is 18.9. The molecular weight excluding hydrogens is 406 g/mol. The normalized spacial score (nSPS) is 18.8. The molecule has 1 aromatic carbocycles. The Morgan fingerprint density at radius 1 is 0.875 bits per heavy atom. The van der Waals surface area contributed by atoms with Gasteiger partial charge in [-0.15, -0.1) is 0 Å². The Hall–Kier alpha value is -2.96. The number of piperazine rings is 1. The van der Waals surface area contributed by atoms with Gasteiger partial charge in [0, 0.05) is 55.2 Å². The maximum absolute atomic E-state index is 13.3. The molecule has 1 aromatic heterocycles. The second-order valence-electron chi connectivity index (χ2n) is 9.05. The molecule has 1 saturated heterocycles. The summed E-state index contributed by atoms with van der Waals surface area (Å²) in [5.41, 5.74) is 3.58. The van der Waals surface area contributed by atoms with E-state index in [-0.39, 0.29) is 17.7 Å². The van der Waals surface area contributed by atoms with Crippen LogP contribution in [0.1, 0.15) is 47.4 Å². The van der Waals surface area contributed by atoms with Gasteiger partial charge >= 0.3 is 0 Å². The molecule has 3 aliphatic rings. The maximum Gasteiger partial charge on any atom is 0.255 e. The van der Waals surface area contributed by atoms with E-state index in [9.17, 15) is 9.59 Å². The molecular formula is C25H31N3O4. The number of ether oxygens (including phenoxy) is 2. The van der Waals surface area contributed by atoms with Crippen molar-refractivity contribution in [1.82, 2.24) is 14.4 Å². The van der Waals surface area contributed by atoms with E-state index in [4.69, 9.17) is 9.47 Å². The van der Waals surface area contributed by atoms with Crippen LogP contribution in [0.3, 0.4) is 0 Å². The lowest BCUT2D eigenvalue weighted by atomic mass is 10.1. The fraction of sp³-hybridized carbons (Fsp3) is 0.520. The zero-order valence-electron chi connectivity index (χ0n) is 18.9. The van der Waals surface area contributed by atoms with Gasteiger partial charge in [0.25, 0.3) is 5.91 Å². The summed E-state index contributed by atoms with van der Waals surface area (Å²) < 4.78 is 13.5. The highest BCUT2D eigenvalue weighted by molar-refractivity contribution is 5.96. The molecule has 0 spiro atoms. The van der Waals surface area contributed by atoms with Crippen LogP contribution < -0.4 is 9.47 Å². The number of benzene rings is 1. The summed E-state index contributed by atoms with van der Waals surface area (Å²) in [6.45, 7) is 7.53. The van der Waals surface area contributed by atoms with Gasteiger partial charge in [-0.05, 0) is 44.9 Å². The van der Waals surface area contributed by atoms with Crippen molar-refractivity contribution >= 4 is 11.8 Å². The smallest absolute Gasteiger partial charge is 0.255 e. The van der Waals surface area contributed by atoms with Crippen molar-refractivity contribution in [3.63, 3.8) is 0 Å². The Kier molecular flexibility index (Phi) is 5.57. The summed E-state index contributed by atoms with van der Waals surface area (Å²) in [4.78, 5) is 29.9. The summed E-state index contributed by atoms with van der Waals surface area (Å²) in [7, 11) is 0. The van der Waals surface area contributed by atoms with E-state index in [1.54, 1.807) is 0 Å². The lowest BCUT2D eigenvalue weighted by Crippen LogP contribution is -2.51. The summed E-state index contributed by atoms with van der Waals surface area (Å²) >= 11 is 0. The number of carbonyl (C=O) groups is 2. The first-order valence-corrected chi connectivity index (χ1v) is 11.7. The number of hydrogen-bond acceptors (Lipinski definition) is 4. The highest BCUT2D eigenvalue weighted by Crippen LogP contribution is 2.34. The van der Waals surface area contributed by atoms with E-state index in [2.05, 4.69) is 4.57 Å². The van der Waals surface area contributed by atoms with Crippen LogP contribution in [0.5, 0.6) is 11.5 Å². The molecule has 0 N–H and O–H groups in total. The van der Waals surface area contributed by atoms with E-state index in [0.29, 0.717) is 45.0 Å². The maximum atomic E-state index is 13.3. The molecule has 2 aromatic rings. The number of aryl methyl sites for hydroxylation is 1. The minimum Gasteiger partial charge on any atom is -0.486 e. The molecule has 0 radical (unpaired) electrons. The van der Waals surface area contributed by atoms with Crippen molar-refractivity contribution in [1.29, 1.82) is 0 Å². The second-order valence-corrected chi connectivity index (χ2v) is 9.05. The van der Waals surface area contributed by atoms with Gasteiger partial charge in [-0.25, -0.2) is 0 Å². The van der Waals surface area contributed by atoms with Crippen molar-refractivity contribution < 1.29 is 19.1 Å². The first kappa shape index (κ1) is 20.9. The topological polar surface area (TPSA) is 64.0 Å². The van der Waals surface area contributed by atoms with Crippen molar-refractivity contribution in [2.75, 3.05) is 39.4 Å². The predicted molar refractivity (Wildman–Crippen MR) is 121 cm³/mol. The summed E-state index contributed by atoms with van der Waals surface area (Å²) in [6, 6.07) is 7.85. The van der Waals surface area contributed by atoms with Crippen LogP contribution in [0.2, 0.25) is 0 Å². The number of nitrogens with zero attached hydrogens (tertiary/aromatic N) is 3. The Bertz CT molecular complexity index is 1030. The predicted octanol–water partition coefficient (Wildman–Crippen LogP) is 3.34. The van der Waals surface area contributed by atoms with Crippen molar-refractivity contribution in [2.24, 2.45) is 5.92 Å². The average molecular weight is 438 g/mol. The van der Waals surface area contributed by atoms with Gasteiger partial charge in [0.1, 0.15) is 13.2 Å². The van der Waals surface area contributed by atoms with Gasteiger partial charge in [-0.1, -0.05) is 12.8 Å². The van der Waals surface area contributed by atoms with Crippen LogP contribution in [0, 0.1) is 19.8 Å². The minimum absolute atomic E-state index is 0.0369. The highest BCUT2D eigenvalue weighted by Gasteiger charge is 2.31. The molecule has 1 saturated carbocycles. The van der Waals surface area contributed by atoms with Crippen LogP contribution >= 0.6 is 0 Å². The monoisotopic (exact) mass is 437 g/mol. The Morgan fingerprint density at radius 3 is 2.25 bits per heavy atom. The van der Waals surface area contributed by atoms with Gasteiger partial charge in [0.2, 0.25) is 5.91 Å². The second kappa shape index (κ2) is 8.52. The average Bonchev–Trinajstić information content (AvgIpc) is 3.46. The molecule has 2 amide bonds. The Labute approximate surface area is 188 Å². The SMILES string of the molecule is Cc1cc(C(=O)N2CCN(C(=O)C3CCCC3)CC2)c(C)n1-c1ccc2c(c1)OCCO2. The molecule has 7 heteroatoms. The van der Waals surface area contributed by atoms with Gasteiger partial charge in [-0.3, -0.25) is 9.59 Å². The fourth-order valence-corrected chi connectivity index (χ4v) is 5.28. The van der Waals surface area contributed by atoms with E-state index in [1.807, 2.05) is 47.9 Å². The van der Waals surface area contributed by atoms with Crippen LogP contribution in [0.4, 0.5) is 0 Å². The van der Waals surface area contributed by atoms with E-state index < -0.39 is 0 Å². The third-order valence-electron chi connectivity index (χ3n) is 7.03. The number of aromatic nitrogens is 1. The Balaban J connectivity index is 1.31. The molecule has 1 aliphatic carbocycles. The number of carbonyl (C=O) groups excluding carboxylic acids is 2. The number of hydrogen-bond donors (Lipinski definition) is 0. The van der Waals surface area contributed by atoms with Crippen molar-refractivity contribution in [3.05, 3.63) is 41.2 Å². The molecule has 7 nitrogen and oxygen atoms in total. The standard InChI is InChI=1S/C25H31N3O4/c1-17-15-21(18(2)28(17)20-7-8-22-23(16-20)32-14-13-31-22)25(30)27-11-9-26(10-12-27)24(29)19-5-3-4-6-19/h7-8,15-16,19H,3-6,9-14H2,1-2H3. The highest BCUT2D eigenvalue weighted by atomic mass is 16.6. The first-order valence-electron chi connectivity index (χ1n) is 11.7. The molecule has 32 heavy (non-hydrogen) atoms. The summed E-state index contributed by atoms with van der Waals surface area (Å²) in [5, 5.41) is 0. The van der Waals surface area contributed by atoms with E-state index in [1.165, 1.54) is 0 Å². The third-order valence-corrected chi connectivity index (χ3v) is 7.03. The molecule has 2 fully saturated rings. The van der Waals surface area contributed by atoms with Crippen LogP contribution in [0.15, 0.2) is 24.3 Å². The molecule has 0 bridgehead atoms. The molecule has 3 heterocycles. The van der Waals surface area contributed by atoms with Crippen LogP contribution in [-0.2, 0) is 4.79 Å².